The van der Waals surface area contributed by atoms with Gasteiger partial charge in [-0.25, -0.2) is 4.98 Å². The zero-order valence-electron chi connectivity index (χ0n) is 12.2. The van der Waals surface area contributed by atoms with Crippen LogP contribution in [0, 0.1) is 6.92 Å². The maximum atomic E-state index is 12.1. The maximum absolute atomic E-state index is 12.1. The van der Waals surface area contributed by atoms with Gasteiger partial charge in [-0.3, -0.25) is 9.69 Å². The van der Waals surface area contributed by atoms with E-state index in [9.17, 15) is 4.79 Å². The first-order chi connectivity index (χ1) is 10.2. The molecule has 6 nitrogen and oxygen atoms in total. The predicted molar refractivity (Wildman–Crippen MR) is 79.5 cm³/mol. The number of imidazole rings is 1. The molecule has 3 rings (SSSR count). The van der Waals surface area contributed by atoms with Gasteiger partial charge < -0.3 is 14.5 Å². The normalized spacial score (nSPS) is 16.2. The summed E-state index contributed by atoms with van der Waals surface area (Å²) in [7, 11) is 0. The highest BCUT2D eigenvalue weighted by Gasteiger charge is 2.13. The molecule has 1 saturated heterocycles. The minimum Gasteiger partial charge on any atom is -0.379 e. The molecule has 1 N–H and O–H groups in total. The lowest BCUT2D eigenvalue weighted by atomic mass is 10.3. The molecular formula is C15H20N4O2. The number of hydrogen-bond donors (Lipinski definition) is 1. The molecule has 0 atom stereocenters. The molecule has 0 aliphatic carbocycles. The van der Waals surface area contributed by atoms with Crippen LogP contribution < -0.4 is 5.32 Å². The minimum atomic E-state index is -0.119. The Balaban J connectivity index is 1.57. The van der Waals surface area contributed by atoms with Crippen LogP contribution in [0.1, 0.15) is 16.1 Å². The highest BCUT2D eigenvalue weighted by molar-refractivity contribution is 5.92. The molecule has 21 heavy (non-hydrogen) atoms. The Morgan fingerprint density at radius 3 is 3.00 bits per heavy atom. The number of nitrogens with zero attached hydrogens (tertiary/aromatic N) is 3. The zero-order chi connectivity index (χ0) is 14.7. The van der Waals surface area contributed by atoms with Crippen molar-refractivity contribution >= 4 is 11.6 Å². The molecule has 1 aliphatic heterocycles. The van der Waals surface area contributed by atoms with E-state index in [1.165, 1.54) is 0 Å². The Labute approximate surface area is 123 Å². The van der Waals surface area contributed by atoms with Crippen molar-refractivity contribution in [2.45, 2.75) is 6.92 Å². The largest absolute Gasteiger partial charge is 0.379 e. The molecule has 1 fully saturated rings. The topological polar surface area (TPSA) is 58.9 Å². The predicted octanol–water partition coefficient (Wildman–Crippen LogP) is 0.705. The molecule has 1 aliphatic rings. The fourth-order valence-electron chi connectivity index (χ4n) is 2.51. The fourth-order valence-corrected chi connectivity index (χ4v) is 2.51. The lowest BCUT2D eigenvalue weighted by Gasteiger charge is -2.26. The molecule has 0 spiro atoms. The SMILES string of the molecule is Cc1cccn2cc(C(=O)NCCN3CCOCC3)nc12. The lowest BCUT2D eigenvalue weighted by molar-refractivity contribution is 0.0383. The number of aromatic nitrogens is 2. The third-order valence-electron chi connectivity index (χ3n) is 3.73. The molecular weight excluding hydrogens is 268 g/mol. The lowest BCUT2D eigenvalue weighted by Crippen LogP contribution is -2.41. The molecule has 0 radical (unpaired) electrons. The number of rotatable bonds is 4. The molecule has 2 aromatic rings. The Morgan fingerprint density at radius 1 is 1.43 bits per heavy atom. The van der Waals surface area contributed by atoms with Gasteiger partial charge in [-0.05, 0) is 18.6 Å². The molecule has 0 aromatic carbocycles. The second-order valence-electron chi connectivity index (χ2n) is 5.26. The highest BCUT2D eigenvalue weighted by Crippen LogP contribution is 2.09. The fraction of sp³-hybridized carbons (Fsp3) is 0.467. The molecule has 6 heteroatoms. The van der Waals surface area contributed by atoms with Crippen LogP contribution in [0.5, 0.6) is 0 Å². The summed E-state index contributed by atoms with van der Waals surface area (Å²) in [6.07, 6.45) is 3.67. The summed E-state index contributed by atoms with van der Waals surface area (Å²) in [5.41, 5.74) is 2.35. The van der Waals surface area contributed by atoms with Crippen molar-refractivity contribution in [3.63, 3.8) is 0 Å². The van der Waals surface area contributed by atoms with Crippen LogP contribution in [-0.2, 0) is 4.74 Å². The quantitative estimate of drug-likeness (QED) is 0.900. The van der Waals surface area contributed by atoms with E-state index >= 15 is 0 Å². The highest BCUT2D eigenvalue weighted by atomic mass is 16.5. The minimum absolute atomic E-state index is 0.119. The smallest absolute Gasteiger partial charge is 0.271 e. The average molecular weight is 288 g/mol. The summed E-state index contributed by atoms with van der Waals surface area (Å²) >= 11 is 0. The van der Waals surface area contributed by atoms with Gasteiger partial charge in [0, 0.05) is 38.6 Å². The van der Waals surface area contributed by atoms with E-state index in [4.69, 9.17) is 4.74 Å². The number of fused-ring (bicyclic) bond motifs is 1. The van der Waals surface area contributed by atoms with E-state index in [1.807, 2.05) is 29.7 Å². The van der Waals surface area contributed by atoms with Gasteiger partial charge in [-0.2, -0.15) is 0 Å². The first-order valence-electron chi connectivity index (χ1n) is 7.26. The van der Waals surface area contributed by atoms with Gasteiger partial charge in [0.05, 0.1) is 13.2 Å². The molecule has 0 unspecified atom stereocenters. The molecule has 3 heterocycles. The molecule has 0 saturated carbocycles. The van der Waals surface area contributed by atoms with Gasteiger partial charge >= 0.3 is 0 Å². The number of amides is 1. The van der Waals surface area contributed by atoms with Crippen molar-refractivity contribution in [3.05, 3.63) is 35.8 Å². The summed E-state index contributed by atoms with van der Waals surface area (Å²) in [5.74, 6) is -0.119. The zero-order valence-corrected chi connectivity index (χ0v) is 12.2. The van der Waals surface area contributed by atoms with Crippen molar-refractivity contribution in [1.82, 2.24) is 19.6 Å². The van der Waals surface area contributed by atoms with Crippen LogP contribution in [0.15, 0.2) is 24.5 Å². The number of pyridine rings is 1. The van der Waals surface area contributed by atoms with Gasteiger partial charge in [0.25, 0.3) is 5.91 Å². The average Bonchev–Trinajstić information content (AvgIpc) is 2.94. The van der Waals surface area contributed by atoms with Crippen molar-refractivity contribution in [2.24, 2.45) is 0 Å². The summed E-state index contributed by atoms with van der Waals surface area (Å²) in [4.78, 5) is 18.8. The summed E-state index contributed by atoms with van der Waals surface area (Å²) in [5, 5.41) is 2.93. The Bertz CT molecular complexity index is 632. The van der Waals surface area contributed by atoms with E-state index in [0.29, 0.717) is 12.2 Å². The number of aryl methyl sites for hydroxylation is 1. The number of hydrogen-bond acceptors (Lipinski definition) is 4. The Kier molecular flexibility index (Phi) is 4.17. The Morgan fingerprint density at radius 2 is 2.24 bits per heavy atom. The first kappa shape index (κ1) is 14.0. The second-order valence-corrected chi connectivity index (χ2v) is 5.26. The van der Waals surface area contributed by atoms with E-state index in [0.717, 1.165) is 44.1 Å². The molecule has 0 bridgehead atoms. The van der Waals surface area contributed by atoms with E-state index in [1.54, 1.807) is 6.20 Å². The van der Waals surface area contributed by atoms with E-state index in [-0.39, 0.29) is 5.91 Å². The van der Waals surface area contributed by atoms with Crippen LogP contribution in [-0.4, -0.2) is 59.6 Å². The van der Waals surface area contributed by atoms with Gasteiger partial charge in [0.15, 0.2) is 0 Å². The molecule has 112 valence electrons. The van der Waals surface area contributed by atoms with Crippen LogP contribution in [0.4, 0.5) is 0 Å². The number of ether oxygens (including phenoxy) is 1. The number of nitrogens with one attached hydrogen (secondary N) is 1. The first-order valence-corrected chi connectivity index (χ1v) is 7.26. The van der Waals surface area contributed by atoms with Gasteiger partial charge in [0.1, 0.15) is 11.3 Å². The van der Waals surface area contributed by atoms with Crippen molar-refractivity contribution in [3.8, 4) is 0 Å². The van der Waals surface area contributed by atoms with Gasteiger partial charge in [-0.15, -0.1) is 0 Å². The number of morpholine rings is 1. The van der Waals surface area contributed by atoms with Crippen LogP contribution in [0.2, 0.25) is 0 Å². The third-order valence-corrected chi connectivity index (χ3v) is 3.73. The number of carbonyl (C=O) groups is 1. The summed E-state index contributed by atoms with van der Waals surface area (Å²) in [6, 6.07) is 3.94. The van der Waals surface area contributed by atoms with Crippen LogP contribution in [0.3, 0.4) is 0 Å². The number of carbonyl (C=O) groups excluding carboxylic acids is 1. The third kappa shape index (κ3) is 3.22. The summed E-state index contributed by atoms with van der Waals surface area (Å²) in [6.45, 7) is 6.89. The van der Waals surface area contributed by atoms with Crippen LogP contribution in [0.25, 0.3) is 5.65 Å². The monoisotopic (exact) mass is 288 g/mol. The van der Waals surface area contributed by atoms with E-state index < -0.39 is 0 Å². The second kappa shape index (κ2) is 6.24. The standard InChI is InChI=1S/C15H20N4O2/c1-12-3-2-5-19-11-13(17-14(12)19)15(20)16-4-6-18-7-9-21-10-8-18/h2-3,5,11H,4,6-10H2,1H3,(H,16,20). The van der Waals surface area contributed by atoms with Crippen LogP contribution >= 0.6 is 0 Å². The van der Waals surface area contributed by atoms with E-state index in [2.05, 4.69) is 15.2 Å². The van der Waals surface area contributed by atoms with Gasteiger partial charge in [-0.1, -0.05) is 6.07 Å². The molecule has 1 amide bonds. The van der Waals surface area contributed by atoms with Gasteiger partial charge in [0.2, 0.25) is 0 Å². The Hall–Kier alpha value is -1.92. The molecule has 2 aromatic heterocycles. The summed E-state index contributed by atoms with van der Waals surface area (Å²) < 4.78 is 7.18. The maximum Gasteiger partial charge on any atom is 0.271 e. The van der Waals surface area contributed by atoms with Crippen molar-refractivity contribution < 1.29 is 9.53 Å². The van der Waals surface area contributed by atoms with Crippen molar-refractivity contribution in [2.75, 3.05) is 39.4 Å². The van der Waals surface area contributed by atoms with Crippen molar-refractivity contribution in [1.29, 1.82) is 0 Å².